The van der Waals surface area contributed by atoms with Crippen LogP contribution in [-0.2, 0) is 17.7 Å². The second-order valence-corrected chi connectivity index (χ2v) is 19.5. The quantitative estimate of drug-likeness (QED) is 0.405. The van der Waals surface area contributed by atoms with E-state index < -0.39 is 29.5 Å². The van der Waals surface area contributed by atoms with Crippen molar-refractivity contribution in [2.45, 2.75) is 103 Å². The van der Waals surface area contributed by atoms with Crippen molar-refractivity contribution in [2.24, 2.45) is 0 Å². The van der Waals surface area contributed by atoms with Gasteiger partial charge in [0, 0.05) is 18.3 Å². The van der Waals surface area contributed by atoms with Crippen LogP contribution in [0.5, 0.6) is 0 Å². The lowest BCUT2D eigenvalue weighted by atomic mass is 10.1. The molecule has 192 valence electrons. The molecule has 2 fully saturated rings. The zero-order valence-electron chi connectivity index (χ0n) is 22.3. The minimum atomic E-state index is -2.79. The van der Waals surface area contributed by atoms with Gasteiger partial charge in [0.25, 0.3) is 0 Å². The van der Waals surface area contributed by atoms with Crippen molar-refractivity contribution < 1.29 is 17.7 Å². The predicted molar refractivity (Wildman–Crippen MR) is 140 cm³/mol. The van der Waals surface area contributed by atoms with E-state index >= 15 is 0 Å². The first-order valence-electron chi connectivity index (χ1n) is 12.6. The molecule has 3 heterocycles. The maximum atomic E-state index is 12.8. The lowest BCUT2D eigenvalue weighted by Gasteiger charge is -2.51. The van der Waals surface area contributed by atoms with Crippen molar-refractivity contribution in [3.63, 3.8) is 0 Å². The van der Waals surface area contributed by atoms with Gasteiger partial charge in [0.2, 0.25) is 0 Å². The molecule has 2 aliphatic rings. The summed E-state index contributed by atoms with van der Waals surface area (Å²) < 4.78 is 29.0. The van der Waals surface area contributed by atoms with Crippen LogP contribution >= 0.6 is 0 Å². The highest BCUT2D eigenvalue weighted by Crippen LogP contribution is 2.49. The number of ether oxygens (including phenoxy) is 1. The topological polar surface area (TPSA) is 83.8 Å². The molecule has 8 nitrogen and oxygen atoms in total. The van der Waals surface area contributed by atoms with Gasteiger partial charge in [0.05, 0.1) is 6.61 Å². The summed E-state index contributed by atoms with van der Waals surface area (Å²) >= 11 is 0. The third-order valence-corrected chi connectivity index (χ3v) is 17.3. The van der Waals surface area contributed by atoms with Crippen LogP contribution in [-0.4, -0.2) is 52.0 Å². The second-order valence-electron chi connectivity index (χ2n) is 10.6. The minimum Gasteiger partial charge on any atom is -0.414 e. The lowest BCUT2D eigenvalue weighted by Crippen LogP contribution is -2.65. The first kappa shape index (κ1) is 27.3. The smallest absolute Gasteiger partial charge is 0.351 e. The molecule has 0 saturated carbocycles. The van der Waals surface area contributed by atoms with Crippen LogP contribution in [0.25, 0.3) is 0 Å². The first-order chi connectivity index (χ1) is 15.9. The van der Waals surface area contributed by atoms with Crippen LogP contribution in [0.3, 0.4) is 0 Å². The van der Waals surface area contributed by atoms with E-state index in [2.05, 4.69) is 72.3 Å². The van der Waals surface area contributed by atoms with Crippen molar-refractivity contribution >= 4 is 22.9 Å². The van der Waals surface area contributed by atoms with Gasteiger partial charge in [-0.2, -0.15) is 4.98 Å². The molecule has 1 N–H and O–H groups in total. The standard InChI is InChI=1S/C24H43N3O5Si2/c1-11-25-21-12-13-27(24(28)26-21)23-19(10)22-20(30-23)14-29-33(15(2)3,16(4)5)32-34(31-22,17(6)7)18(8)9/h12-13,15-18,20,22-23H,10-11,14H2,1-9H3,(H,25,26,28). The average Bonchev–Trinajstić information content (AvgIpc) is 3.02. The van der Waals surface area contributed by atoms with E-state index in [9.17, 15) is 4.79 Å². The predicted octanol–water partition coefficient (Wildman–Crippen LogP) is 5.09. The summed E-state index contributed by atoms with van der Waals surface area (Å²) in [5.41, 5.74) is 1.23. The molecule has 2 aliphatic heterocycles. The Labute approximate surface area is 206 Å². The Morgan fingerprint density at radius 2 is 1.68 bits per heavy atom. The first-order valence-corrected chi connectivity index (χ1v) is 16.5. The van der Waals surface area contributed by atoms with Crippen LogP contribution in [0.4, 0.5) is 5.82 Å². The highest BCUT2D eigenvalue weighted by atomic mass is 28.5. The third kappa shape index (κ3) is 4.72. The largest absolute Gasteiger partial charge is 0.414 e. The van der Waals surface area contributed by atoms with Gasteiger partial charge >= 0.3 is 22.8 Å². The van der Waals surface area contributed by atoms with Crippen LogP contribution < -0.4 is 11.0 Å². The number of nitrogens with one attached hydrogen (secondary N) is 1. The molecular weight excluding hydrogens is 466 g/mol. The molecule has 0 radical (unpaired) electrons. The maximum Gasteiger partial charge on any atom is 0.351 e. The summed E-state index contributed by atoms with van der Waals surface area (Å²) in [7, 11) is -5.44. The van der Waals surface area contributed by atoms with Crippen molar-refractivity contribution in [3.05, 3.63) is 34.9 Å². The van der Waals surface area contributed by atoms with E-state index in [1.807, 2.05) is 6.92 Å². The number of rotatable bonds is 7. The Bertz CT molecular complexity index is 917. The molecule has 0 amide bonds. The van der Waals surface area contributed by atoms with E-state index in [4.69, 9.17) is 17.7 Å². The van der Waals surface area contributed by atoms with Gasteiger partial charge < -0.3 is 23.0 Å². The molecule has 1 aromatic rings. The molecule has 34 heavy (non-hydrogen) atoms. The lowest BCUT2D eigenvalue weighted by molar-refractivity contribution is -0.0561. The second kappa shape index (κ2) is 10.4. The van der Waals surface area contributed by atoms with Gasteiger partial charge in [-0.05, 0) is 35.2 Å². The van der Waals surface area contributed by atoms with Crippen molar-refractivity contribution in [2.75, 3.05) is 18.5 Å². The number of nitrogens with zero attached hydrogens (tertiary/aromatic N) is 2. The summed E-state index contributed by atoms with van der Waals surface area (Å²) in [4.78, 5) is 17.0. The van der Waals surface area contributed by atoms with E-state index in [1.54, 1.807) is 12.3 Å². The molecule has 3 rings (SSSR count). The van der Waals surface area contributed by atoms with Gasteiger partial charge in [0.1, 0.15) is 18.0 Å². The summed E-state index contributed by atoms with van der Waals surface area (Å²) in [6.07, 6.45) is 0.271. The van der Waals surface area contributed by atoms with Gasteiger partial charge in [0.15, 0.2) is 6.23 Å². The molecule has 3 unspecified atom stereocenters. The molecule has 3 atom stereocenters. The number of hydrogen-bond donors (Lipinski definition) is 1. The summed E-state index contributed by atoms with van der Waals surface area (Å²) in [6, 6.07) is 1.78. The monoisotopic (exact) mass is 509 g/mol. The zero-order valence-corrected chi connectivity index (χ0v) is 24.3. The van der Waals surface area contributed by atoms with E-state index in [-0.39, 0.29) is 34.0 Å². The number of anilines is 1. The molecule has 0 aliphatic carbocycles. The van der Waals surface area contributed by atoms with E-state index in [0.29, 0.717) is 24.5 Å². The molecule has 0 aromatic carbocycles. The molecular formula is C24H43N3O5Si2. The molecule has 1 aromatic heterocycles. The Kier molecular flexibility index (Phi) is 8.31. The van der Waals surface area contributed by atoms with Crippen LogP contribution in [0, 0.1) is 0 Å². The van der Waals surface area contributed by atoms with Crippen molar-refractivity contribution in [3.8, 4) is 0 Å². The number of hydrogen-bond acceptors (Lipinski definition) is 7. The van der Waals surface area contributed by atoms with Crippen molar-refractivity contribution in [1.82, 2.24) is 9.55 Å². The Balaban J connectivity index is 2.04. The fraction of sp³-hybridized carbons (Fsp3) is 0.750. The van der Waals surface area contributed by atoms with Gasteiger partial charge in [-0.25, -0.2) is 4.79 Å². The third-order valence-electron chi connectivity index (χ3n) is 7.09. The fourth-order valence-corrected chi connectivity index (χ4v) is 16.4. The Morgan fingerprint density at radius 1 is 1.09 bits per heavy atom. The SMILES string of the molecule is C=C1C2O[Si](C(C)C)(C(C)C)O[Si](C(C)C)(C(C)C)OCC2OC1n1ccc(NCC)nc1=O. The summed E-state index contributed by atoms with van der Waals surface area (Å²) in [5, 5.41) is 3.07. The zero-order chi connectivity index (χ0) is 25.4. The maximum absolute atomic E-state index is 12.8. The van der Waals surface area contributed by atoms with Gasteiger partial charge in [-0.3, -0.25) is 4.57 Å². The van der Waals surface area contributed by atoms with Crippen LogP contribution in [0.2, 0.25) is 22.2 Å². The van der Waals surface area contributed by atoms with Crippen molar-refractivity contribution in [1.29, 1.82) is 0 Å². The van der Waals surface area contributed by atoms with E-state index in [1.165, 1.54) is 4.57 Å². The number of fused-ring (bicyclic) bond motifs is 1. The Hall–Kier alpha value is -1.31. The van der Waals surface area contributed by atoms with Gasteiger partial charge in [-0.15, -0.1) is 0 Å². The highest BCUT2D eigenvalue weighted by Gasteiger charge is 2.60. The van der Waals surface area contributed by atoms with Crippen LogP contribution in [0.15, 0.2) is 29.2 Å². The van der Waals surface area contributed by atoms with E-state index in [0.717, 1.165) is 0 Å². The number of aromatic nitrogens is 2. The normalized spacial score (nSPS) is 26.7. The fourth-order valence-electron chi connectivity index (χ4n) is 5.22. The molecule has 2 saturated heterocycles. The summed E-state index contributed by atoms with van der Waals surface area (Å²) in [6.45, 7) is 24.8. The highest BCUT2D eigenvalue weighted by molar-refractivity contribution is 6.84. The van der Waals surface area contributed by atoms with Crippen LogP contribution in [0.1, 0.15) is 68.5 Å². The average molecular weight is 510 g/mol. The molecule has 0 bridgehead atoms. The molecule has 10 heteroatoms. The minimum absolute atomic E-state index is 0.204. The molecule has 0 spiro atoms. The Morgan fingerprint density at radius 3 is 2.18 bits per heavy atom. The summed E-state index contributed by atoms with van der Waals surface area (Å²) in [5.74, 6) is 0.544. The van der Waals surface area contributed by atoms with Gasteiger partial charge in [-0.1, -0.05) is 62.0 Å².